The van der Waals surface area contributed by atoms with Crippen molar-refractivity contribution in [2.45, 2.75) is 57.6 Å². The van der Waals surface area contributed by atoms with Gasteiger partial charge in [0, 0.05) is 12.6 Å². The minimum Gasteiger partial charge on any atom is -0.392 e. The zero-order chi connectivity index (χ0) is 12.3. The van der Waals surface area contributed by atoms with Crippen molar-refractivity contribution in [3.8, 4) is 0 Å². The third-order valence-corrected chi connectivity index (χ3v) is 4.84. The molecule has 3 nitrogen and oxygen atoms in total. The van der Waals surface area contributed by atoms with Crippen LogP contribution < -0.4 is 5.73 Å². The number of rotatable bonds is 3. The molecular formula is C14H28N2O. The summed E-state index contributed by atoms with van der Waals surface area (Å²) in [6.45, 7) is 5.15. The molecule has 17 heavy (non-hydrogen) atoms. The first-order valence-corrected chi connectivity index (χ1v) is 7.36. The predicted molar refractivity (Wildman–Crippen MR) is 70.8 cm³/mol. The molecule has 100 valence electrons. The Balaban J connectivity index is 1.98. The Morgan fingerprint density at radius 1 is 1.29 bits per heavy atom. The van der Waals surface area contributed by atoms with Crippen LogP contribution in [0.3, 0.4) is 0 Å². The highest BCUT2D eigenvalue weighted by Crippen LogP contribution is 2.34. The Kier molecular flexibility index (Phi) is 4.83. The lowest BCUT2D eigenvalue weighted by atomic mass is 9.76. The van der Waals surface area contributed by atoms with Crippen molar-refractivity contribution in [2.24, 2.45) is 17.6 Å². The topological polar surface area (TPSA) is 49.5 Å². The molecule has 4 atom stereocenters. The summed E-state index contributed by atoms with van der Waals surface area (Å²) < 4.78 is 0. The van der Waals surface area contributed by atoms with E-state index in [0.717, 1.165) is 38.4 Å². The van der Waals surface area contributed by atoms with Gasteiger partial charge in [0.2, 0.25) is 0 Å². The number of β-amino-alcohol motifs (C(OH)–C–C–N with tert-alkyl or cyclic N) is 1. The Morgan fingerprint density at radius 3 is 2.76 bits per heavy atom. The number of hydrogen-bond acceptors (Lipinski definition) is 3. The molecule has 0 spiro atoms. The van der Waals surface area contributed by atoms with Crippen LogP contribution in [0, 0.1) is 11.8 Å². The average Bonchev–Trinajstić information content (AvgIpc) is 2.38. The van der Waals surface area contributed by atoms with E-state index in [4.69, 9.17) is 5.73 Å². The normalized spacial score (nSPS) is 40.4. The molecular weight excluding hydrogens is 212 g/mol. The van der Waals surface area contributed by atoms with E-state index in [1.54, 1.807) is 0 Å². The third kappa shape index (κ3) is 3.21. The van der Waals surface area contributed by atoms with Gasteiger partial charge in [-0.3, -0.25) is 4.90 Å². The van der Waals surface area contributed by atoms with Crippen molar-refractivity contribution in [1.29, 1.82) is 0 Å². The van der Waals surface area contributed by atoms with Gasteiger partial charge < -0.3 is 10.8 Å². The smallest absolute Gasteiger partial charge is 0.0667 e. The monoisotopic (exact) mass is 240 g/mol. The molecule has 0 radical (unpaired) electrons. The first-order chi connectivity index (χ1) is 8.24. The van der Waals surface area contributed by atoms with Crippen LogP contribution in [0.1, 0.15) is 45.4 Å². The lowest BCUT2D eigenvalue weighted by Gasteiger charge is -2.44. The fourth-order valence-electron chi connectivity index (χ4n) is 3.67. The molecule has 1 saturated heterocycles. The number of nitrogens with zero attached hydrogens (tertiary/aromatic N) is 1. The van der Waals surface area contributed by atoms with Crippen LogP contribution in [-0.4, -0.2) is 41.8 Å². The van der Waals surface area contributed by atoms with Gasteiger partial charge in [0.05, 0.1) is 6.10 Å². The second-order valence-electron chi connectivity index (χ2n) is 5.94. The maximum absolute atomic E-state index is 9.82. The van der Waals surface area contributed by atoms with Crippen LogP contribution in [-0.2, 0) is 0 Å². The second kappa shape index (κ2) is 6.17. The zero-order valence-electron chi connectivity index (χ0n) is 11.1. The van der Waals surface area contributed by atoms with E-state index in [9.17, 15) is 5.11 Å². The summed E-state index contributed by atoms with van der Waals surface area (Å²) >= 11 is 0. The van der Waals surface area contributed by atoms with E-state index < -0.39 is 0 Å². The fourth-order valence-corrected chi connectivity index (χ4v) is 3.67. The van der Waals surface area contributed by atoms with Gasteiger partial charge >= 0.3 is 0 Å². The summed E-state index contributed by atoms with van der Waals surface area (Å²) in [6, 6.07) is 0.633. The number of nitrogens with two attached hydrogens (primary N) is 1. The summed E-state index contributed by atoms with van der Waals surface area (Å²) in [5, 5.41) is 9.82. The molecule has 0 amide bonds. The highest BCUT2D eigenvalue weighted by molar-refractivity contribution is 4.89. The molecule has 2 aliphatic rings. The number of aliphatic hydroxyl groups excluding tert-OH is 1. The lowest BCUT2D eigenvalue weighted by Crippen LogP contribution is -2.51. The third-order valence-electron chi connectivity index (χ3n) is 4.84. The highest BCUT2D eigenvalue weighted by Gasteiger charge is 2.34. The van der Waals surface area contributed by atoms with E-state index in [0.29, 0.717) is 12.0 Å². The van der Waals surface area contributed by atoms with Crippen molar-refractivity contribution in [3.63, 3.8) is 0 Å². The molecule has 0 aromatic rings. The number of likely N-dealkylation sites (tertiary alicyclic amines) is 1. The largest absolute Gasteiger partial charge is 0.392 e. The van der Waals surface area contributed by atoms with Crippen LogP contribution in [0.5, 0.6) is 0 Å². The van der Waals surface area contributed by atoms with E-state index in [-0.39, 0.29) is 6.10 Å². The average molecular weight is 240 g/mol. The quantitative estimate of drug-likeness (QED) is 0.788. The van der Waals surface area contributed by atoms with Crippen LogP contribution >= 0.6 is 0 Å². The van der Waals surface area contributed by atoms with E-state index in [1.807, 2.05) is 0 Å². The van der Waals surface area contributed by atoms with E-state index in [2.05, 4.69) is 11.8 Å². The van der Waals surface area contributed by atoms with Gasteiger partial charge in [-0.05, 0) is 50.6 Å². The molecule has 1 heterocycles. The molecule has 2 rings (SSSR count). The maximum atomic E-state index is 9.82. The maximum Gasteiger partial charge on any atom is 0.0667 e. The van der Waals surface area contributed by atoms with Crippen LogP contribution in [0.25, 0.3) is 0 Å². The second-order valence-corrected chi connectivity index (χ2v) is 5.94. The molecule has 1 aliphatic heterocycles. The Morgan fingerprint density at radius 2 is 2.12 bits per heavy atom. The van der Waals surface area contributed by atoms with Gasteiger partial charge in [0.25, 0.3) is 0 Å². The first kappa shape index (κ1) is 13.3. The number of hydrogen-bond donors (Lipinski definition) is 2. The van der Waals surface area contributed by atoms with Gasteiger partial charge in [-0.2, -0.15) is 0 Å². The summed E-state index contributed by atoms with van der Waals surface area (Å²) in [4.78, 5) is 2.52. The zero-order valence-corrected chi connectivity index (χ0v) is 11.1. The molecule has 0 aromatic carbocycles. The summed E-state index contributed by atoms with van der Waals surface area (Å²) in [5.41, 5.74) is 5.93. The standard InChI is InChI=1S/C14H28N2O/c1-2-11-5-6-12(9-15)14(8-11)16-7-3-4-13(17)10-16/h11-14,17H,2-10,15H2,1H3. The molecule has 3 N–H and O–H groups in total. The van der Waals surface area contributed by atoms with Gasteiger partial charge in [-0.15, -0.1) is 0 Å². The van der Waals surface area contributed by atoms with Crippen LogP contribution in [0.15, 0.2) is 0 Å². The van der Waals surface area contributed by atoms with Gasteiger partial charge in [0.15, 0.2) is 0 Å². The van der Waals surface area contributed by atoms with Crippen LogP contribution in [0.4, 0.5) is 0 Å². The molecule has 1 aliphatic carbocycles. The van der Waals surface area contributed by atoms with Crippen molar-refractivity contribution in [1.82, 2.24) is 4.90 Å². The Bertz CT molecular complexity index is 234. The Hall–Kier alpha value is -0.120. The summed E-state index contributed by atoms with van der Waals surface area (Å²) in [7, 11) is 0. The van der Waals surface area contributed by atoms with Gasteiger partial charge in [0.1, 0.15) is 0 Å². The SMILES string of the molecule is CCC1CCC(CN)C(N2CCCC(O)C2)C1. The van der Waals surface area contributed by atoms with E-state index in [1.165, 1.54) is 25.7 Å². The molecule has 0 aromatic heterocycles. The highest BCUT2D eigenvalue weighted by atomic mass is 16.3. The lowest BCUT2D eigenvalue weighted by molar-refractivity contribution is 0.00789. The number of piperidine rings is 1. The minimum absolute atomic E-state index is 0.107. The minimum atomic E-state index is -0.107. The molecule has 1 saturated carbocycles. The molecule has 0 bridgehead atoms. The fraction of sp³-hybridized carbons (Fsp3) is 1.00. The summed E-state index contributed by atoms with van der Waals surface area (Å²) in [6.07, 6.45) is 7.25. The van der Waals surface area contributed by atoms with Crippen molar-refractivity contribution < 1.29 is 5.11 Å². The molecule has 4 unspecified atom stereocenters. The van der Waals surface area contributed by atoms with Crippen molar-refractivity contribution >= 4 is 0 Å². The molecule has 3 heteroatoms. The van der Waals surface area contributed by atoms with Crippen LogP contribution in [0.2, 0.25) is 0 Å². The molecule has 2 fully saturated rings. The van der Waals surface area contributed by atoms with E-state index >= 15 is 0 Å². The van der Waals surface area contributed by atoms with Crippen molar-refractivity contribution in [2.75, 3.05) is 19.6 Å². The predicted octanol–water partition coefficient (Wildman–Crippen LogP) is 1.60. The first-order valence-electron chi connectivity index (χ1n) is 7.36. The number of aliphatic hydroxyl groups is 1. The van der Waals surface area contributed by atoms with Gasteiger partial charge in [-0.25, -0.2) is 0 Å². The van der Waals surface area contributed by atoms with Gasteiger partial charge in [-0.1, -0.05) is 19.8 Å². The summed E-state index contributed by atoms with van der Waals surface area (Å²) in [5.74, 6) is 1.53. The Labute approximate surface area is 105 Å². The van der Waals surface area contributed by atoms with Crippen molar-refractivity contribution in [3.05, 3.63) is 0 Å².